The van der Waals surface area contributed by atoms with Gasteiger partial charge in [-0.2, -0.15) is 0 Å². The Balaban J connectivity index is 0.00000242. The third-order valence-corrected chi connectivity index (χ3v) is 3.38. The van der Waals surface area contributed by atoms with Gasteiger partial charge in [-0.05, 0) is 49.1 Å². The summed E-state index contributed by atoms with van der Waals surface area (Å²) in [5.74, 6) is 0.897. The molecule has 0 saturated heterocycles. The van der Waals surface area contributed by atoms with Gasteiger partial charge in [0.1, 0.15) is 12.4 Å². The molecule has 0 aliphatic carbocycles. The van der Waals surface area contributed by atoms with E-state index in [0.717, 1.165) is 37.1 Å². The molecule has 0 saturated carbocycles. The zero-order valence-corrected chi connectivity index (χ0v) is 13.6. The fourth-order valence-electron chi connectivity index (χ4n) is 2.23. The first-order chi connectivity index (χ1) is 10.4. The second kappa shape index (κ2) is 11.0. The summed E-state index contributed by atoms with van der Waals surface area (Å²) < 4.78 is 5.78. The van der Waals surface area contributed by atoms with Crippen molar-refractivity contribution in [3.63, 3.8) is 0 Å². The van der Waals surface area contributed by atoms with E-state index in [1.165, 1.54) is 12.0 Å². The first-order valence-corrected chi connectivity index (χ1v) is 7.61. The minimum atomic E-state index is 0. The number of nitrogens with zero attached hydrogens (tertiary/aromatic N) is 1. The Morgan fingerprint density at radius 2 is 1.82 bits per heavy atom. The summed E-state index contributed by atoms with van der Waals surface area (Å²) in [5.41, 5.74) is 2.24. The Hall–Kier alpha value is -1.58. The Kier molecular flexibility index (Phi) is 9.28. The number of unbranched alkanes of at least 4 members (excludes halogenated alkanes) is 3. The molecule has 0 aliphatic heterocycles. The Bertz CT molecular complexity index is 520. The molecule has 0 spiro atoms. The van der Waals surface area contributed by atoms with Gasteiger partial charge in [0.25, 0.3) is 0 Å². The molecule has 1 heterocycles. The molecule has 4 heteroatoms. The summed E-state index contributed by atoms with van der Waals surface area (Å²) in [6, 6.07) is 14.1. The fraction of sp³-hybridized carbons (Fsp3) is 0.389. The van der Waals surface area contributed by atoms with Crippen LogP contribution in [0.5, 0.6) is 5.75 Å². The molecule has 0 fully saturated rings. The number of pyridine rings is 1. The third-order valence-electron chi connectivity index (χ3n) is 3.38. The second-order valence-corrected chi connectivity index (χ2v) is 5.14. The molecule has 2 rings (SSSR count). The van der Waals surface area contributed by atoms with Gasteiger partial charge >= 0.3 is 0 Å². The molecule has 0 atom stereocenters. The van der Waals surface area contributed by atoms with E-state index in [1.807, 2.05) is 30.3 Å². The van der Waals surface area contributed by atoms with Gasteiger partial charge in [-0.3, -0.25) is 4.98 Å². The molecule has 2 aromatic rings. The number of aliphatic hydroxyl groups is 1. The van der Waals surface area contributed by atoms with Crippen molar-refractivity contribution in [1.82, 2.24) is 4.98 Å². The van der Waals surface area contributed by atoms with Crippen molar-refractivity contribution >= 4 is 12.4 Å². The quantitative estimate of drug-likeness (QED) is 0.705. The lowest BCUT2D eigenvalue weighted by atomic mass is 10.1. The van der Waals surface area contributed by atoms with E-state index < -0.39 is 0 Å². The first-order valence-electron chi connectivity index (χ1n) is 7.61. The van der Waals surface area contributed by atoms with Gasteiger partial charge in [-0.25, -0.2) is 0 Å². The summed E-state index contributed by atoms with van der Waals surface area (Å²) >= 11 is 0. The van der Waals surface area contributed by atoms with Gasteiger partial charge in [-0.1, -0.05) is 31.0 Å². The molecular weight excluding hydrogens is 298 g/mol. The monoisotopic (exact) mass is 321 g/mol. The lowest BCUT2D eigenvalue weighted by molar-refractivity contribution is 0.282. The molecular formula is C18H24ClNO2. The van der Waals surface area contributed by atoms with Crippen LogP contribution in [0.3, 0.4) is 0 Å². The average molecular weight is 322 g/mol. The highest BCUT2D eigenvalue weighted by atomic mass is 35.5. The SMILES string of the molecule is Cl.OCCCCCCc1cccc(OCc2ccccn2)c1. The van der Waals surface area contributed by atoms with Crippen LogP contribution in [-0.2, 0) is 13.0 Å². The van der Waals surface area contributed by atoms with Gasteiger partial charge in [0, 0.05) is 12.8 Å². The lowest BCUT2D eigenvalue weighted by Crippen LogP contribution is -1.98. The van der Waals surface area contributed by atoms with Crippen LogP contribution in [0, 0.1) is 0 Å². The van der Waals surface area contributed by atoms with E-state index in [4.69, 9.17) is 9.84 Å². The molecule has 0 bridgehead atoms. The zero-order valence-electron chi connectivity index (χ0n) is 12.8. The molecule has 1 aromatic heterocycles. The summed E-state index contributed by atoms with van der Waals surface area (Å²) in [5, 5.41) is 8.75. The Morgan fingerprint density at radius 1 is 0.955 bits per heavy atom. The summed E-state index contributed by atoms with van der Waals surface area (Å²) in [6.07, 6.45) is 7.18. The van der Waals surface area contributed by atoms with E-state index in [2.05, 4.69) is 17.1 Å². The minimum absolute atomic E-state index is 0. The van der Waals surface area contributed by atoms with E-state index in [-0.39, 0.29) is 12.4 Å². The van der Waals surface area contributed by atoms with Crippen LogP contribution < -0.4 is 4.74 Å². The van der Waals surface area contributed by atoms with Crippen molar-refractivity contribution in [2.75, 3.05) is 6.61 Å². The molecule has 3 nitrogen and oxygen atoms in total. The molecule has 0 unspecified atom stereocenters. The van der Waals surface area contributed by atoms with Gasteiger partial charge in [0.2, 0.25) is 0 Å². The van der Waals surface area contributed by atoms with Crippen LogP contribution in [0.1, 0.15) is 36.9 Å². The van der Waals surface area contributed by atoms with Crippen LogP contribution in [-0.4, -0.2) is 16.7 Å². The molecule has 1 aromatic carbocycles. The number of ether oxygens (including phenoxy) is 1. The standard InChI is InChI=1S/C18H23NO2.ClH/c20-13-6-2-1-3-8-16-9-7-11-18(14-16)21-15-17-10-4-5-12-19-17;/h4-5,7,9-12,14,20H,1-3,6,8,13,15H2;1H. The molecule has 120 valence electrons. The van der Waals surface area contributed by atoms with Crippen molar-refractivity contribution in [3.05, 3.63) is 59.9 Å². The average Bonchev–Trinajstić information content (AvgIpc) is 2.54. The van der Waals surface area contributed by atoms with Crippen molar-refractivity contribution < 1.29 is 9.84 Å². The topological polar surface area (TPSA) is 42.4 Å². The smallest absolute Gasteiger partial charge is 0.130 e. The van der Waals surface area contributed by atoms with Crippen molar-refractivity contribution in [2.45, 2.75) is 38.7 Å². The first kappa shape index (κ1) is 18.5. The Morgan fingerprint density at radius 3 is 2.59 bits per heavy atom. The second-order valence-electron chi connectivity index (χ2n) is 5.14. The summed E-state index contributed by atoms with van der Waals surface area (Å²) in [4.78, 5) is 4.25. The van der Waals surface area contributed by atoms with Crippen LogP contribution in [0.4, 0.5) is 0 Å². The van der Waals surface area contributed by atoms with Gasteiger partial charge in [0.05, 0.1) is 5.69 Å². The number of benzene rings is 1. The van der Waals surface area contributed by atoms with Crippen molar-refractivity contribution in [1.29, 1.82) is 0 Å². The van der Waals surface area contributed by atoms with Crippen LogP contribution >= 0.6 is 12.4 Å². The number of halogens is 1. The normalized spacial score (nSPS) is 10.0. The number of hydrogen-bond acceptors (Lipinski definition) is 3. The zero-order chi connectivity index (χ0) is 14.8. The fourth-order valence-corrected chi connectivity index (χ4v) is 2.23. The molecule has 0 radical (unpaired) electrons. The number of aliphatic hydroxyl groups excluding tert-OH is 1. The maximum absolute atomic E-state index is 8.75. The minimum Gasteiger partial charge on any atom is -0.487 e. The van der Waals surface area contributed by atoms with E-state index in [1.54, 1.807) is 6.20 Å². The molecule has 22 heavy (non-hydrogen) atoms. The summed E-state index contributed by atoms with van der Waals surface area (Å²) in [7, 11) is 0. The third kappa shape index (κ3) is 6.92. The molecule has 0 amide bonds. The highest BCUT2D eigenvalue weighted by Gasteiger charge is 1.99. The van der Waals surface area contributed by atoms with E-state index in [9.17, 15) is 0 Å². The lowest BCUT2D eigenvalue weighted by Gasteiger charge is -2.08. The number of hydrogen-bond donors (Lipinski definition) is 1. The van der Waals surface area contributed by atoms with Gasteiger partial charge in [-0.15, -0.1) is 12.4 Å². The number of rotatable bonds is 9. The molecule has 0 aliphatic rings. The highest BCUT2D eigenvalue weighted by Crippen LogP contribution is 2.17. The predicted molar refractivity (Wildman–Crippen MR) is 91.5 cm³/mol. The predicted octanol–water partition coefficient (Wildman–Crippen LogP) is 4.18. The number of aryl methyl sites for hydroxylation is 1. The van der Waals surface area contributed by atoms with Crippen LogP contribution in [0.25, 0.3) is 0 Å². The van der Waals surface area contributed by atoms with E-state index >= 15 is 0 Å². The van der Waals surface area contributed by atoms with E-state index in [0.29, 0.717) is 13.2 Å². The van der Waals surface area contributed by atoms with Gasteiger partial charge < -0.3 is 9.84 Å². The maximum atomic E-state index is 8.75. The number of aromatic nitrogens is 1. The van der Waals surface area contributed by atoms with Crippen LogP contribution in [0.2, 0.25) is 0 Å². The van der Waals surface area contributed by atoms with Crippen molar-refractivity contribution in [3.8, 4) is 5.75 Å². The highest BCUT2D eigenvalue weighted by molar-refractivity contribution is 5.85. The van der Waals surface area contributed by atoms with Crippen LogP contribution in [0.15, 0.2) is 48.7 Å². The Labute approximate surface area is 138 Å². The maximum Gasteiger partial charge on any atom is 0.130 e. The summed E-state index contributed by atoms with van der Waals surface area (Å²) in [6.45, 7) is 0.803. The van der Waals surface area contributed by atoms with Gasteiger partial charge in [0.15, 0.2) is 0 Å². The largest absolute Gasteiger partial charge is 0.487 e. The molecule has 1 N–H and O–H groups in total. The van der Waals surface area contributed by atoms with Crippen molar-refractivity contribution in [2.24, 2.45) is 0 Å².